The Morgan fingerprint density at radius 1 is 1.00 bits per heavy atom. The van der Waals surface area contributed by atoms with Crippen LogP contribution in [0.4, 0.5) is 18.9 Å². The van der Waals surface area contributed by atoms with E-state index in [0.29, 0.717) is 11.6 Å². The minimum Gasteiger partial charge on any atom is -0.481 e. The van der Waals surface area contributed by atoms with E-state index in [1.807, 2.05) is 11.4 Å². The second-order valence-corrected chi connectivity index (χ2v) is 8.79. The molecule has 0 saturated heterocycles. The molecule has 5 N–H and O–H groups in total. The van der Waals surface area contributed by atoms with Gasteiger partial charge in [-0.2, -0.15) is 13.2 Å². The van der Waals surface area contributed by atoms with Crippen LogP contribution in [0, 0.1) is 0 Å². The third-order valence-corrected chi connectivity index (χ3v) is 5.87. The molecule has 0 saturated carbocycles. The summed E-state index contributed by atoms with van der Waals surface area (Å²) in [7, 11) is 0. The average Bonchev–Trinajstić information content (AvgIpc) is 3.08. The molecule has 0 spiro atoms. The summed E-state index contributed by atoms with van der Waals surface area (Å²) in [5.41, 5.74) is 4.47. The molecule has 12 heteroatoms. The molecule has 202 valence electrons. The Hall–Kier alpha value is -3.31. The van der Waals surface area contributed by atoms with E-state index in [2.05, 4.69) is 16.7 Å². The molecule has 2 aromatic rings. The van der Waals surface area contributed by atoms with Crippen molar-refractivity contribution in [1.29, 1.82) is 0 Å². The van der Waals surface area contributed by atoms with Gasteiger partial charge in [-0.3, -0.25) is 14.4 Å². The highest BCUT2D eigenvalue weighted by Gasteiger charge is 2.37. The molecule has 1 heterocycles. The van der Waals surface area contributed by atoms with E-state index in [0.717, 1.165) is 44.1 Å². The lowest BCUT2D eigenvalue weighted by atomic mass is 10.0. The third kappa shape index (κ3) is 9.93. The fourth-order valence-corrected chi connectivity index (χ4v) is 3.72. The standard InChI is InChI=1S/C21H23ClF3N3O.C4H6O4/c1-13(21(23,24)25)28-20(29)16-4-2-14(3-5-16)12-27-19-17-9-11-26-10-8-15(17)6-7-18(19)22;5-3(6)1-2-4(7)8/h2-7,13,26-27H,8-12H2,1H3,(H,28,29);1-2H2,(H,5,6)(H,7,8). The van der Waals surface area contributed by atoms with Gasteiger partial charge in [0.2, 0.25) is 0 Å². The molecular formula is C25H29ClF3N3O5. The Labute approximate surface area is 217 Å². The summed E-state index contributed by atoms with van der Waals surface area (Å²) < 4.78 is 37.8. The van der Waals surface area contributed by atoms with Crippen LogP contribution >= 0.6 is 11.6 Å². The van der Waals surface area contributed by atoms with Crippen LogP contribution in [0.3, 0.4) is 0 Å². The van der Waals surface area contributed by atoms with Gasteiger partial charge in [0.15, 0.2) is 0 Å². The summed E-state index contributed by atoms with van der Waals surface area (Å²) in [6.07, 6.45) is -3.23. The number of benzene rings is 2. The molecule has 1 aliphatic heterocycles. The minimum atomic E-state index is -4.47. The number of hydrogen-bond acceptors (Lipinski definition) is 5. The first-order valence-corrected chi connectivity index (χ1v) is 11.9. The Morgan fingerprint density at radius 3 is 2.16 bits per heavy atom. The van der Waals surface area contributed by atoms with Gasteiger partial charge in [-0.05, 0) is 67.7 Å². The second-order valence-electron chi connectivity index (χ2n) is 8.38. The topological polar surface area (TPSA) is 128 Å². The second kappa shape index (κ2) is 13.8. The highest BCUT2D eigenvalue weighted by Crippen LogP contribution is 2.31. The maximum atomic E-state index is 12.6. The SMILES string of the molecule is CC(NC(=O)c1ccc(CNc2c(Cl)ccc3c2CCNCC3)cc1)C(F)(F)F.O=C(O)CCC(=O)O. The van der Waals surface area contributed by atoms with Crippen LogP contribution in [0.25, 0.3) is 0 Å². The van der Waals surface area contributed by atoms with E-state index in [4.69, 9.17) is 21.8 Å². The van der Waals surface area contributed by atoms with Crippen molar-refractivity contribution < 1.29 is 37.8 Å². The van der Waals surface area contributed by atoms with Gasteiger partial charge >= 0.3 is 18.1 Å². The predicted octanol–water partition coefficient (Wildman–Crippen LogP) is 4.26. The van der Waals surface area contributed by atoms with Gasteiger partial charge in [0.1, 0.15) is 6.04 Å². The van der Waals surface area contributed by atoms with Crippen LogP contribution in [-0.4, -0.2) is 53.4 Å². The summed E-state index contributed by atoms with van der Waals surface area (Å²) in [6, 6.07) is 8.53. The van der Waals surface area contributed by atoms with Gasteiger partial charge in [0.25, 0.3) is 5.91 Å². The van der Waals surface area contributed by atoms with Gasteiger partial charge in [-0.1, -0.05) is 29.8 Å². The number of rotatable bonds is 8. The van der Waals surface area contributed by atoms with E-state index in [1.165, 1.54) is 23.3 Å². The van der Waals surface area contributed by atoms with Crippen LogP contribution < -0.4 is 16.0 Å². The number of carboxylic acids is 2. The summed E-state index contributed by atoms with van der Waals surface area (Å²) in [5.74, 6) is -2.90. The monoisotopic (exact) mass is 543 g/mol. The van der Waals surface area contributed by atoms with Crippen LogP contribution in [-0.2, 0) is 29.0 Å². The Balaban J connectivity index is 0.000000521. The van der Waals surface area contributed by atoms with Crippen LogP contribution in [0.15, 0.2) is 36.4 Å². The Bertz CT molecular complexity index is 1080. The van der Waals surface area contributed by atoms with Crippen LogP contribution in [0.1, 0.15) is 46.8 Å². The number of carbonyl (C=O) groups excluding carboxylic acids is 1. The van der Waals surface area contributed by atoms with E-state index in [9.17, 15) is 27.6 Å². The molecule has 0 radical (unpaired) electrons. The van der Waals surface area contributed by atoms with Gasteiger partial charge in [-0.15, -0.1) is 0 Å². The zero-order valence-electron chi connectivity index (χ0n) is 20.1. The first kappa shape index (κ1) is 29.9. The number of halogens is 4. The lowest BCUT2D eigenvalue weighted by Crippen LogP contribution is -2.43. The number of nitrogens with one attached hydrogen (secondary N) is 3. The maximum Gasteiger partial charge on any atom is 0.408 e. The van der Waals surface area contributed by atoms with Crippen molar-refractivity contribution in [3.63, 3.8) is 0 Å². The van der Waals surface area contributed by atoms with Crippen molar-refractivity contribution in [3.05, 3.63) is 63.7 Å². The molecule has 0 bridgehead atoms. The Morgan fingerprint density at radius 2 is 1.59 bits per heavy atom. The molecule has 1 aliphatic rings. The molecule has 37 heavy (non-hydrogen) atoms. The highest BCUT2D eigenvalue weighted by molar-refractivity contribution is 6.33. The van der Waals surface area contributed by atoms with Crippen molar-refractivity contribution in [2.24, 2.45) is 0 Å². The molecule has 0 aromatic heterocycles. The predicted molar refractivity (Wildman–Crippen MR) is 133 cm³/mol. The first-order valence-electron chi connectivity index (χ1n) is 11.5. The van der Waals surface area contributed by atoms with Crippen LogP contribution in [0.2, 0.25) is 5.02 Å². The first-order chi connectivity index (χ1) is 17.4. The zero-order chi connectivity index (χ0) is 27.6. The molecule has 1 atom stereocenters. The van der Waals surface area contributed by atoms with E-state index < -0.39 is 30.1 Å². The molecule has 2 aromatic carbocycles. The number of fused-ring (bicyclic) bond motifs is 1. The fourth-order valence-electron chi connectivity index (χ4n) is 3.47. The maximum absolute atomic E-state index is 12.6. The number of alkyl halides is 3. The largest absolute Gasteiger partial charge is 0.481 e. The highest BCUT2D eigenvalue weighted by atomic mass is 35.5. The molecule has 1 amide bonds. The third-order valence-electron chi connectivity index (χ3n) is 5.56. The van der Waals surface area contributed by atoms with Gasteiger partial charge in [-0.25, -0.2) is 0 Å². The van der Waals surface area contributed by atoms with Crippen molar-refractivity contribution in [2.45, 2.75) is 51.4 Å². The van der Waals surface area contributed by atoms with Gasteiger partial charge in [0, 0.05) is 12.1 Å². The number of carboxylic acid groups (broad SMARTS) is 2. The zero-order valence-corrected chi connectivity index (χ0v) is 20.9. The smallest absolute Gasteiger partial charge is 0.408 e. The molecule has 8 nitrogen and oxygen atoms in total. The quantitative estimate of drug-likeness (QED) is 0.337. The summed E-state index contributed by atoms with van der Waals surface area (Å²) >= 11 is 6.40. The average molecular weight is 544 g/mol. The Kier molecular flexibility index (Phi) is 11.2. The summed E-state index contributed by atoms with van der Waals surface area (Å²) in [6.45, 7) is 3.23. The molecule has 1 unspecified atom stereocenters. The van der Waals surface area contributed by atoms with E-state index in [1.54, 1.807) is 12.1 Å². The van der Waals surface area contributed by atoms with E-state index in [-0.39, 0.29) is 18.4 Å². The molecule has 0 fully saturated rings. The van der Waals surface area contributed by atoms with Gasteiger partial charge in [0.05, 0.1) is 23.6 Å². The summed E-state index contributed by atoms with van der Waals surface area (Å²) in [5, 5.41) is 25.2. The number of anilines is 1. The number of amides is 1. The van der Waals surface area contributed by atoms with Gasteiger partial charge < -0.3 is 26.2 Å². The molecule has 0 aliphatic carbocycles. The fraction of sp³-hybridized carbons (Fsp3) is 0.400. The van der Waals surface area contributed by atoms with E-state index >= 15 is 0 Å². The minimum absolute atomic E-state index is 0.183. The normalized spacial score (nSPS) is 13.8. The van der Waals surface area contributed by atoms with Crippen molar-refractivity contribution >= 4 is 35.1 Å². The number of carbonyl (C=O) groups is 3. The molecular weight excluding hydrogens is 515 g/mol. The number of hydrogen-bond donors (Lipinski definition) is 5. The lowest BCUT2D eigenvalue weighted by molar-refractivity contribution is -0.149. The molecule has 3 rings (SSSR count). The summed E-state index contributed by atoms with van der Waals surface area (Å²) in [4.78, 5) is 31.3. The lowest BCUT2D eigenvalue weighted by Gasteiger charge is -2.17. The van der Waals surface area contributed by atoms with Crippen molar-refractivity contribution in [3.8, 4) is 0 Å². The number of aliphatic carboxylic acids is 2. The van der Waals surface area contributed by atoms with Crippen LogP contribution in [0.5, 0.6) is 0 Å². The van der Waals surface area contributed by atoms with Crippen molar-refractivity contribution in [1.82, 2.24) is 10.6 Å². The van der Waals surface area contributed by atoms with Crippen molar-refractivity contribution in [2.75, 3.05) is 18.4 Å².